The number of anilines is 1. The Morgan fingerprint density at radius 1 is 1.04 bits per heavy atom. The van der Waals surface area contributed by atoms with E-state index in [-0.39, 0.29) is 18.1 Å². The first-order chi connectivity index (χ1) is 13.0. The van der Waals surface area contributed by atoms with Gasteiger partial charge in [0.2, 0.25) is 5.91 Å². The van der Waals surface area contributed by atoms with Gasteiger partial charge in [0, 0.05) is 11.3 Å². The Morgan fingerprint density at radius 2 is 1.85 bits per heavy atom. The zero-order chi connectivity index (χ0) is 18.9. The molecule has 4 rings (SSSR count). The minimum absolute atomic E-state index is 0.0519. The number of aromatic nitrogens is 1. The number of amides is 1. The number of benzene rings is 1. The van der Waals surface area contributed by atoms with Crippen LogP contribution in [0.3, 0.4) is 0 Å². The molecular weight excluding hydrogens is 380 g/mol. The van der Waals surface area contributed by atoms with E-state index < -0.39 is 9.84 Å². The molecule has 7 heteroatoms. The monoisotopic (exact) mass is 404 g/mol. The molecule has 5 nitrogen and oxygen atoms in total. The third-order valence-corrected chi connectivity index (χ3v) is 8.16. The van der Waals surface area contributed by atoms with Crippen molar-refractivity contribution in [2.75, 3.05) is 11.1 Å². The first-order valence-electron chi connectivity index (χ1n) is 9.64. The number of thiazole rings is 1. The summed E-state index contributed by atoms with van der Waals surface area (Å²) in [6.45, 7) is 0. The van der Waals surface area contributed by atoms with Gasteiger partial charge >= 0.3 is 0 Å². The summed E-state index contributed by atoms with van der Waals surface area (Å²) in [5, 5.41) is 3.39. The third kappa shape index (κ3) is 4.24. The van der Waals surface area contributed by atoms with Crippen LogP contribution >= 0.6 is 11.3 Å². The molecule has 2 aliphatic carbocycles. The van der Waals surface area contributed by atoms with Crippen LogP contribution in [0.15, 0.2) is 23.1 Å². The normalized spacial score (nSPS) is 16.4. The highest BCUT2D eigenvalue weighted by molar-refractivity contribution is 7.91. The third-order valence-electron chi connectivity index (χ3n) is 5.37. The largest absolute Gasteiger partial charge is 0.302 e. The maximum atomic E-state index is 12.6. The van der Waals surface area contributed by atoms with Gasteiger partial charge in [-0.2, -0.15) is 0 Å². The predicted octanol–water partition coefficient (Wildman–Crippen LogP) is 3.70. The lowest BCUT2D eigenvalue weighted by atomic mass is 10.1. The van der Waals surface area contributed by atoms with Gasteiger partial charge in [-0.3, -0.25) is 4.79 Å². The molecule has 1 amide bonds. The highest BCUT2D eigenvalue weighted by Crippen LogP contribution is 2.29. The van der Waals surface area contributed by atoms with Gasteiger partial charge < -0.3 is 5.32 Å². The van der Waals surface area contributed by atoms with Crippen molar-refractivity contribution in [3.63, 3.8) is 0 Å². The van der Waals surface area contributed by atoms with E-state index in [1.165, 1.54) is 34.6 Å². The quantitative estimate of drug-likeness (QED) is 0.771. The van der Waals surface area contributed by atoms with E-state index in [2.05, 4.69) is 10.3 Å². The van der Waals surface area contributed by atoms with Crippen LogP contribution in [0.4, 0.5) is 5.13 Å². The average molecular weight is 405 g/mol. The lowest BCUT2D eigenvalue weighted by Crippen LogP contribution is -2.17. The van der Waals surface area contributed by atoms with E-state index in [4.69, 9.17) is 0 Å². The minimum atomic E-state index is -3.45. The molecule has 0 aliphatic heterocycles. The number of hydrogen-bond acceptors (Lipinski definition) is 5. The first kappa shape index (κ1) is 18.6. The maximum Gasteiger partial charge on any atom is 0.227 e. The first-order valence-corrected chi connectivity index (χ1v) is 12.1. The molecule has 0 saturated carbocycles. The molecule has 1 heterocycles. The molecule has 0 bridgehead atoms. The average Bonchev–Trinajstić information content (AvgIpc) is 3.21. The molecule has 144 valence electrons. The lowest BCUT2D eigenvalue weighted by Gasteiger charge is -2.07. The Kier molecular flexibility index (Phi) is 5.32. The van der Waals surface area contributed by atoms with Crippen molar-refractivity contribution in [1.82, 2.24) is 4.98 Å². The van der Waals surface area contributed by atoms with Crippen molar-refractivity contribution in [3.8, 4) is 0 Å². The van der Waals surface area contributed by atoms with E-state index in [1.807, 2.05) is 6.07 Å². The Morgan fingerprint density at radius 3 is 2.74 bits per heavy atom. The van der Waals surface area contributed by atoms with Crippen LogP contribution < -0.4 is 5.32 Å². The fourth-order valence-electron chi connectivity index (χ4n) is 3.85. The van der Waals surface area contributed by atoms with Crippen LogP contribution in [0.1, 0.15) is 53.8 Å². The number of nitrogens with zero attached hydrogens (tertiary/aromatic N) is 1. The second kappa shape index (κ2) is 7.72. The van der Waals surface area contributed by atoms with Gasteiger partial charge in [-0.1, -0.05) is 12.5 Å². The molecular formula is C20H24N2O3S2. The number of sulfone groups is 1. The summed E-state index contributed by atoms with van der Waals surface area (Å²) in [5.74, 6) is -0.466. The van der Waals surface area contributed by atoms with E-state index >= 15 is 0 Å². The number of aryl methyl sites for hydroxylation is 4. The smallest absolute Gasteiger partial charge is 0.227 e. The van der Waals surface area contributed by atoms with Crippen LogP contribution in [0.2, 0.25) is 0 Å². The molecule has 0 radical (unpaired) electrons. The zero-order valence-corrected chi connectivity index (χ0v) is 16.9. The van der Waals surface area contributed by atoms with Gasteiger partial charge in [-0.15, -0.1) is 11.3 Å². The van der Waals surface area contributed by atoms with Gasteiger partial charge in [-0.05, 0) is 68.2 Å². The van der Waals surface area contributed by atoms with Gasteiger partial charge in [0.1, 0.15) is 0 Å². The van der Waals surface area contributed by atoms with Crippen molar-refractivity contribution in [2.45, 2.75) is 62.7 Å². The Labute approximate surface area is 164 Å². The van der Waals surface area contributed by atoms with Crippen LogP contribution in [0, 0.1) is 0 Å². The van der Waals surface area contributed by atoms with Crippen LogP contribution in [0.25, 0.3) is 0 Å². The summed E-state index contributed by atoms with van der Waals surface area (Å²) in [5.41, 5.74) is 3.47. The molecule has 1 aromatic heterocycles. The summed E-state index contributed by atoms with van der Waals surface area (Å²) in [7, 11) is -3.45. The van der Waals surface area contributed by atoms with Crippen LogP contribution in [-0.4, -0.2) is 25.1 Å². The second-order valence-electron chi connectivity index (χ2n) is 7.35. The van der Waals surface area contributed by atoms with Crippen LogP contribution in [-0.2, 0) is 40.3 Å². The zero-order valence-electron chi connectivity index (χ0n) is 15.3. The molecule has 27 heavy (non-hydrogen) atoms. The Hall–Kier alpha value is -1.73. The SMILES string of the molecule is O=C(CCS(=O)(=O)c1ccc2c(c1)CCC2)Nc1nc2c(s1)CCCCC2. The number of hydrogen-bond donors (Lipinski definition) is 1. The fourth-order valence-corrected chi connectivity index (χ4v) is 6.20. The molecule has 0 unspecified atom stereocenters. The van der Waals surface area contributed by atoms with Crippen molar-refractivity contribution in [3.05, 3.63) is 39.9 Å². The summed E-state index contributed by atoms with van der Waals surface area (Å²) < 4.78 is 25.2. The van der Waals surface area contributed by atoms with E-state index in [0.29, 0.717) is 10.0 Å². The predicted molar refractivity (Wildman–Crippen MR) is 107 cm³/mol. The van der Waals surface area contributed by atoms with Gasteiger partial charge in [0.25, 0.3) is 0 Å². The summed E-state index contributed by atoms with van der Waals surface area (Å²) >= 11 is 1.53. The lowest BCUT2D eigenvalue weighted by molar-refractivity contribution is -0.115. The number of rotatable bonds is 5. The molecule has 1 N–H and O–H groups in total. The Bertz CT molecular complexity index is 940. The fraction of sp³-hybridized carbons (Fsp3) is 0.500. The van der Waals surface area contributed by atoms with E-state index in [1.54, 1.807) is 12.1 Å². The number of carbonyl (C=O) groups is 1. The molecule has 0 saturated heterocycles. The van der Waals surface area contributed by atoms with E-state index in [0.717, 1.165) is 49.8 Å². The topological polar surface area (TPSA) is 76.1 Å². The van der Waals surface area contributed by atoms with Crippen LogP contribution in [0.5, 0.6) is 0 Å². The molecule has 2 aromatic rings. The number of fused-ring (bicyclic) bond motifs is 2. The van der Waals surface area contributed by atoms with Crippen molar-refractivity contribution in [2.24, 2.45) is 0 Å². The second-order valence-corrected chi connectivity index (χ2v) is 10.5. The molecule has 2 aliphatic rings. The molecule has 1 aromatic carbocycles. The molecule has 0 fully saturated rings. The highest BCUT2D eigenvalue weighted by atomic mass is 32.2. The minimum Gasteiger partial charge on any atom is -0.302 e. The molecule has 0 atom stereocenters. The van der Waals surface area contributed by atoms with Gasteiger partial charge in [0.05, 0.1) is 16.3 Å². The van der Waals surface area contributed by atoms with Crippen molar-refractivity contribution in [1.29, 1.82) is 0 Å². The van der Waals surface area contributed by atoms with Gasteiger partial charge in [-0.25, -0.2) is 13.4 Å². The van der Waals surface area contributed by atoms with Crippen molar-refractivity contribution >= 4 is 32.2 Å². The standard InChI is InChI=1S/C20H24N2O3S2/c23-19(22-20-21-17-7-2-1-3-8-18(17)26-20)11-12-27(24,25)16-10-9-14-5-4-6-15(14)13-16/h9-10,13H,1-8,11-12H2,(H,21,22,23). The maximum absolute atomic E-state index is 12.6. The Balaban J connectivity index is 1.37. The van der Waals surface area contributed by atoms with E-state index in [9.17, 15) is 13.2 Å². The van der Waals surface area contributed by atoms with Crippen molar-refractivity contribution < 1.29 is 13.2 Å². The number of nitrogens with one attached hydrogen (secondary N) is 1. The summed E-state index contributed by atoms with van der Waals surface area (Å²) in [6.07, 6.45) is 8.52. The highest BCUT2D eigenvalue weighted by Gasteiger charge is 2.21. The summed E-state index contributed by atoms with van der Waals surface area (Å²) in [6, 6.07) is 5.38. The molecule has 0 spiro atoms. The number of carbonyl (C=O) groups excluding carboxylic acids is 1. The van der Waals surface area contributed by atoms with Gasteiger partial charge in [0.15, 0.2) is 15.0 Å². The summed E-state index contributed by atoms with van der Waals surface area (Å²) in [4.78, 5) is 18.4.